The zero-order valence-electron chi connectivity index (χ0n) is 10.9. The van der Waals surface area contributed by atoms with Gasteiger partial charge in [0.05, 0.1) is 12.3 Å². The molecule has 0 radical (unpaired) electrons. The Hall–Kier alpha value is -1.29. The van der Waals surface area contributed by atoms with E-state index < -0.39 is 0 Å². The topological polar surface area (TPSA) is 54.3 Å². The van der Waals surface area contributed by atoms with Crippen molar-refractivity contribution >= 4 is 5.69 Å². The summed E-state index contributed by atoms with van der Waals surface area (Å²) in [5, 5.41) is 12.6. The molecule has 1 aromatic rings. The molecule has 0 aliphatic rings. The first-order chi connectivity index (χ1) is 8.04. The molecule has 1 atom stereocenters. The molecule has 1 aromatic heterocycles. The smallest absolute Gasteiger partial charge is 0.250 e. The standard InChI is InChI=1S/C13H22N2O2/c1-4-13(3,10-16)9-14-11-6-7-12(17)15(5-2)8-11/h6-8,14,16H,4-5,9-10H2,1-3H3. The second-order valence-corrected chi connectivity index (χ2v) is 4.72. The van der Waals surface area contributed by atoms with Crippen LogP contribution in [-0.2, 0) is 6.54 Å². The van der Waals surface area contributed by atoms with Gasteiger partial charge in [0.2, 0.25) is 0 Å². The number of aliphatic hydroxyl groups is 1. The number of nitrogens with zero attached hydrogens (tertiary/aromatic N) is 1. The highest BCUT2D eigenvalue weighted by Gasteiger charge is 2.20. The van der Waals surface area contributed by atoms with Gasteiger partial charge < -0.3 is 15.0 Å². The molecule has 0 aliphatic heterocycles. The molecular formula is C13H22N2O2. The van der Waals surface area contributed by atoms with Crippen molar-refractivity contribution < 1.29 is 5.11 Å². The predicted molar refractivity (Wildman–Crippen MR) is 70.3 cm³/mol. The van der Waals surface area contributed by atoms with Crippen molar-refractivity contribution in [2.45, 2.75) is 33.7 Å². The Labute approximate surface area is 102 Å². The molecular weight excluding hydrogens is 216 g/mol. The molecule has 0 aliphatic carbocycles. The molecule has 0 aromatic carbocycles. The molecule has 2 N–H and O–H groups in total. The average molecular weight is 238 g/mol. The third-order valence-electron chi connectivity index (χ3n) is 3.28. The number of aliphatic hydroxyl groups excluding tert-OH is 1. The van der Waals surface area contributed by atoms with Crippen LogP contribution in [0.3, 0.4) is 0 Å². The van der Waals surface area contributed by atoms with E-state index in [4.69, 9.17) is 0 Å². The largest absolute Gasteiger partial charge is 0.396 e. The zero-order chi connectivity index (χ0) is 12.9. The number of hydrogen-bond acceptors (Lipinski definition) is 3. The Bertz CT molecular complexity index is 408. The summed E-state index contributed by atoms with van der Waals surface area (Å²) in [7, 11) is 0. The van der Waals surface area contributed by atoms with Crippen molar-refractivity contribution in [3.05, 3.63) is 28.7 Å². The third-order valence-corrected chi connectivity index (χ3v) is 3.28. The van der Waals surface area contributed by atoms with Crippen molar-refractivity contribution in [3.8, 4) is 0 Å². The number of aromatic nitrogens is 1. The van der Waals surface area contributed by atoms with Crippen molar-refractivity contribution in [2.24, 2.45) is 5.41 Å². The van der Waals surface area contributed by atoms with Crippen molar-refractivity contribution in [2.75, 3.05) is 18.5 Å². The van der Waals surface area contributed by atoms with Gasteiger partial charge in [-0.2, -0.15) is 0 Å². The second-order valence-electron chi connectivity index (χ2n) is 4.72. The number of rotatable bonds is 6. The molecule has 0 fully saturated rings. The Balaban J connectivity index is 2.73. The monoisotopic (exact) mass is 238 g/mol. The summed E-state index contributed by atoms with van der Waals surface area (Å²) in [6, 6.07) is 3.34. The predicted octanol–water partition coefficient (Wildman–Crippen LogP) is 1.69. The fraction of sp³-hybridized carbons (Fsp3) is 0.615. The molecule has 0 amide bonds. The molecule has 0 saturated heterocycles. The summed E-state index contributed by atoms with van der Waals surface area (Å²) in [6.07, 6.45) is 2.72. The van der Waals surface area contributed by atoms with Gasteiger partial charge in [0.1, 0.15) is 0 Å². The molecule has 4 heteroatoms. The van der Waals surface area contributed by atoms with Gasteiger partial charge in [-0.25, -0.2) is 0 Å². The lowest BCUT2D eigenvalue weighted by molar-refractivity contribution is 0.149. The third kappa shape index (κ3) is 3.60. The first-order valence-corrected chi connectivity index (χ1v) is 6.10. The van der Waals surface area contributed by atoms with E-state index in [1.54, 1.807) is 16.7 Å². The van der Waals surface area contributed by atoms with E-state index in [9.17, 15) is 9.90 Å². The van der Waals surface area contributed by atoms with Gasteiger partial charge in [-0.15, -0.1) is 0 Å². The number of pyridine rings is 1. The second kappa shape index (κ2) is 5.87. The molecule has 1 heterocycles. The van der Waals surface area contributed by atoms with Crippen LogP contribution >= 0.6 is 0 Å². The minimum Gasteiger partial charge on any atom is -0.396 e. The number of nitrogens with one attached hydrogen (secondary N) is 1. The molecule has 0 saturated carbocycles. The molecule has 1 unspecified atom stereocenters. The molecule has 0 spiro atoms. The SMILES string of the molecule is CCn1cc(NCC(C)(CC)CO)ccc1=O. The van der Waals surface area contributed by atoms with Crippen LogP contribution in [0.1, 0.15) is 27.2 Å². The first-order valence-electron chi connectivity index (χ1n) is 6.10. The first kappa shape index (κ1) is 13.8. The maximum atomic E-state index is 11.4. The fourth-order valence-electron chi connectivity index (χ4n) is 1.49. The van der Waals surface area contributed by atoms with Crippen molar-refractivity contribution in [1.29, 1.82) is 0 Å². The quantitative estimate of drug-likeness (QED) is 0.793. The summed E-state index contributed by atoms with van der Waals surface area (Å²) >= 11 is 0. The van der Waals surface area contributed by atoms with Crippen LogP contribution in [0.15, 0.2) is 23.1 Å². The van der Waals surface area contributed by atoms with Gasteiger partial charge in [-0.1, -0.05) is 13.8 Å². The minimum atomic E-state index is -0.118. The van der Waals surface area contributed by atoms with Crippen molar-refractivity contribution in [1.82, 2.24) is 4.57 Å². The van der Waals surface area contributed by atoms with E-state index in [2.05, 4.69) is 12.2 Å². The van der Waals surface area contributed by atoms with Crippen LogP contribution in [0.2, 0.25) is 0 Å². The lowest BCUT2D eigenvalue weighted by Crippen LogP contribution is -2.30. The van der Waals surface area contributed by atoms with Gasteiger partial charge in [-0.3, -0.25) is 4.79 Å². The van der Waals surface area contributed by atoms with Gasteiger partial charge >= 0.3 is 0 Å². The molecule has 1 rings (SSSR count). The molecule has 0 bridgehead atoms. The van der Waals surface area contributed by atoms with E-state index in [-0.39, 0.29) is 17.6 Å². The maximum Gasteiger partial charge on any atom is 0.250 e. The summed E-state index contributed by atoms with van der Waals surface area (Å²) in [5.41, 5.74) is 0.811. The van der Waals surface area contributed by atoms with Crippen LogP contribution in [0.4, 0.5) is 5.69 Å². The Morgan fingerprint density at radius 1 is 1.41 bits per heavy atom. The van der Waals surface area contributed by atoms with Crippen LogP contribution in [-0.4, -0.2) is 22.8 Å². The van der Waals surface area contributed by atoms with Crippen LogP contribution in [0, 0.1) is 5.41 Å². The van der Waals surface area contributed by atoms with E-state index in [0.29, 0.717) is 13.1 Å². The fourth-order valence-corrected chi connectivity index (χ4v) is 1.49. The normalized spacial score (nSPS) is 14.4. The highest BCUT2D eigenvalue weighted by atomic mass is 16.3. The number of aryl methyl sites for hydroxylation is 1. The number of anilines is 1. The van der Waals surface area contributed by atoms with Crippen LogP contribution in [0.25, 0.3) is 0 Å². The average Bonchev–Trinajstić information content (AvgIpc) is 2.37. The van der Waals surface area contributed by atoms with E-state index in [0.717, 1.165) is 12.1 Å². The minimum absolute atomic E-state index is 0.0125. The highest BCUT2D eigenvalue weighted by Crippen LogP contribution is 2.20. The van der Waals surface area contributed by atoms with Gasteiger partial charge in [0.15, 0.2) is 0 Å². The van der Waals surface area contributed by atoms with Crippen molar-refractivity contribution in [3.63, 3.8) is 0 Å². The number of hydrogen-bond donors (Lipinski definition) is 2. The Morgan fingerprint density at radius 2 is 2.12 bits per heavy atom. The Kier molecular flexibility index (Phi) is 4.75. The molecule has 17 heavy (non-hydrogen) atoms. The maximum absolute atomic E-state index is 11.4. The van der Waals surface area contributed by atoms with Gasteiger partial charge in [-0.05, 0) is 19.4 Å². The highest BCUT2D eigenvalue weighted by molar-refractivity contribution is 5.40. The summed E-state index contributed by atoms with van der Waals surface area (Å²) in [5.74, 6) is 0. The van der Waals surface area contributed by atoms with Crippen LogP contribution in [0.5, 0.6) is 0 Å². The van der Waals surface area contributed by atoms with Crippen LogP contribution < -0.4 is 10.9 Å². The van der Waals surface area contributed by atoms with E-state index >= 15 is 0 Å². The van der Waals surface area contributed by atoms with E-state index in [1.165, 1.54) is 0 Å². The summed E-state index contributed by atoms with van der Waals surface area (Å²) in [6.45, 7) is 7.56. The van der Waals surface area contributed by atoms with Gasteiger partial charge in [0, 0.05) is 30.8 Å². The Morgan fingerprint density at radius 3 is 2.65 bits per heavy atom. The molecule has 4 nitrogen and oxygen atoms in total. The lowest BCUT2D eigenvalue weighted by atomic mass is 9.88. The summed E-state index contributed by atoms with van der Waals surface area (Å²) < 4.78 is 1.66. The molecule has 96 valence electrons. The van der Waals surface area contributed by atoms with Gasteiger partial charge in [0.25, 0.3) is 5.56 Å². The van der Waals surface area contributed by atoms with E-state index in [1.807, 2.05) is 20.0 Å². The lowest BCUT2D eigenvalue weighted by Gasteiger charge is -2.26. The summed E-state index contributed by atoms with van der Waals surface area (Å²) in [4.78, 5) is 11.4. The zero-order valence-corrected chi connectivity index (χ0v) is 10.9.